The molecule has 1 saturated heterocycles. The second kappa shape index (κ2) is 10.6. The maximum absolute atomic E-state index is 6.31. The molecule has 3 aromatic heterocycles. The molecule has 0 saturated carbocycles. The van der Waals surface area contributed by atoms with Gasteiger partial charge in [-0.3, -0.25) is 0 Å². The molecule has 0 unspecified atom stereocenters. The highest BCUT2D eigenvalue weighted by atomic mass is 35.5. The van der Waals surface area contributed by atoms with E-state index in [1.54, 1.807) is 7.11 Å². The summed E-state index contributed by atoms with van der Waals surface area (Å²) in [6, 6.07) is 5.73. The first-order valence-corrected chi connectivity index (χ1v) is 12.4. The molecule has 0 bridgehead atoms. The van der Waals surface area contributed by atoms with Gasteiger partial charge in [0.15, 0.2) is 17.3 Å². The van der Waals surface area contributed by atoms with E-state index in [0.717, 1.165) is 78.8 Å². The molecule has 35 heavy (non-hydrogen) atoms. The lowest BCUT2D eigenvalue weighted by Crippen LogP contribution is -2.19. The molecule has 2 N–H and O–H groups in total. The number of rotatable bonds is 9. The number of methoxy groups -OCH3 is 1. The van der Waals surface area contributed by atoms with Crippen LogP contribution in [0, 0.1) is 5.92 Å². The zero-order valence-electron chi connectivity index (χ0n) is 20.1. The fourth-order valence-corrected chi connectivity index (χ4v) is 4.87. The summed E-state index contributed by atoms with van der Waals surface area (Å²) in [6.45, 7) is 5.88. The lowest BCUT2D eigenvalue weighted by Gasteiger charge is -2.22. The molecule has 5 rings (SSSR count). The van der Waals surface area contributed by atoms with Gasteiger partial charge >= 0.3 is 0 Å². The van der Waals surface area contributed by atoms with Gasteiger partial charge in [0.2, 0.25) is 0 Å². The minimum Gasteiger partial charge on any atom is -0.495 e. The van der Waals surface area contributed by atoms with Crippen LogP contribution in [-0.2, 0) is 17.8 Å². The van der Waals surface area contributed by atoms with Crippen LogP contribution in [0.25, 0.3) is 21.8 Å². The van der Waals surface area contributed by atoms with Crippen molar-refractivity contribution in [2.24, 2.45) is 5.92 Å². The van der Waals surface area contributed by atoms with Gasteiger partial charge in [0.1, 0.15) is 5.75 Å². The maximum Gasteiger partial charge on any atom is 0.158 e. The van der Waals surface area contributed by atoms with Gasteiger partial charge in [0, 0.05) is 49.8 Å². The molecular formula is C25H30ClN7O2. The Hall–Kier alpha value is -3.17. The first-order chi connectivity index (χ1) is 17.2. The molecule has 1 aliphatic heterocycles. The van der Waals surface area contributed by atoms with Crippen LogP contribution in [-0.4, -0.2) is 51.8 Å². The first-order valence-electron chi connectivity index (χ1n) is 12.1. The standard InChI is InChI=1S/C25H30ClN7O2/c1-3-33-25-19(15-30-33)22-18(14-29-25)23(27-9-6-16-7-10-35-11-8-16)31-32-24(22)28-13-17-4-5-21(34-2)20(26)12-17/h4-5,12,14-16H,3,6-11,13H2,1-2H3,(H,27,31)(H,28,32). The largest absolute Gasteiger partial charge is 0.495 e. The molecule has 0 spiro atoms. The van der Waals surface area contributed by atoms with Crippen molar-refractivity contribution in [3.8, 4) is 5.75 Å². The third-order valence-electron chi connectivity index (χ3n) is 6.57. The normalized spacial score (nSPS) is 14.5. The van der Waals surface area contributed by atoms with E-state index in [1.807, 2.05) is 35.3 Å². The number of halogens is 1. The van der Waals surface area contributed by atoms with Gasteiger partial charge in [-0.1, -0.05) is 17.7 Å². The first kappa shape index (κ1) is 23.6. The smallest absolute Gasteiger partial charge is 0.158 e. The zero-order chi connectivity index (χ0) is 24.2. The van der Waals surface area contributed by atoms with Crippen LogP contribution in [0.15, 0.2) is 30.6 Å². The maximum atomic E-state index is 6.31. The third-order valence-corrected chi connectivity index (χ3v) is 6.87. The molecule has 1 aromatic carbocycles. The Kier molecular flexibility index (Phi) is 7.15. The topological polar surface area (TPSA) is 99.0 Å². The van der Waals surface area contributed by atoms with Crippen molar-refractivity contribution in [3.63, 3.8) is 0 Å². The monoisotopic (exact) mass is 495 g/mol. The number of benzene rings is 1. The van der Waals surface area contributed by atoms with Crippen molar-refractivity contribution >= 4 is 45.0 Å². The van der Waals surface area contributed by atoms with E-state index in [1.165, 1.54) is 0 Å². The molecule has 1 fully saturated rings. The molecule has 9 nitrogen and oxygen atoms in total. The van der Waals surface area contributed by atoms with Gasteiger partial charge in [-0.25, -0.2) is 9.67 Å². The minimum atomic E-state index is 0.537. The number of anilines is 2. The third kappa shape index (κ3) is 4.97. The van der Waals surface area contributed by atoms with Crippen LogP contribution in [0.4, 0.5) is 11.6 Å². The molecule has 0 radical (unpaired) electrons. The second-order valence-electron chi connectivity index (χ2n) is 8.74. The van der Waals surface area contributed by atoms with Crippen molar-refractivity contribution in [3.05, 3.63) is 41.2 Å². The molecule has 0 amide bonds. The lowest BCUT2D eigenvalue weighted by atomic mass is 9.97. The second-order valence-corrected chi connectivity index (χ2v) is 9.14. The summed E-state index contributed by atoms with van der Waals surface area (Å²) in [4.78, 5) is 4.71. The average molecular weight is 496 g/mol. The fraction of sp³-hybridized carbons (Fsp3) is 0.440. The van der Waals surface area contributed by atoms with Crippen molar-refractivity contribution in [2.45, 2.75) is 39.3 Å². The van der Waals surface area contributed by atoms with E-state index in [-0.39, 0.29) is 0 Å². The molecule has 4 heterocycles. The quantitative estimate of drug-likeness (QED) is 0.338. The molecule has 184 valence electrons. The van der Waals surface area contributed by atoms with Crippen molar-refractivity contribution in [1.29, 1.82) is 0 Å². The zero-order valence-corrected chi connectivity index (χ0v) is 20.8. The molecule has 4 aromatic rings. The van der Waals surface area contributed by atoms with Crippen molar-refractivity contribution in [1.82, 2.24) is 25.0 Å². The Bertz CT molecular complexity index is 1320. The molecular weight excluding hydrogens is 466 g/mol. The Morgan fingerprint density at radius 2 is 1.94 bits per heavy atom. The molecule has 0 atom stereocenters. The van der Waals surface area contributed by atoms with Gasteiger partial charge < -0.3 is 20.1 Å². The van der Waals surface area contributed by atoms with Gasteiger partial charge in [-0.15, -0.1) is 10.2 Å². The van der Waals surface area contributed by atoms with Crippen molar-refractivity contribution < 1.29 is 9.47 Å². The average Bonchev–Trinajstić information content (AvgIpc) is 3.32. The predicted octanol–water partition coefficient (Wildman–Crippen LogP) is 4.90. The number of aromatic nitrogens is 5. The fourth-order valence-electron chi connectivity index (χ4n) is 4.59. The number of aryl methyl sites for hydroxylation is 1. The van der Waals surface area contributed by atoms with Crippen LogP contribution in [0.1, 0.15) is 31.7 Å². The number of hydrogen-bond acceptors (Lipinski definition) is 8. The van der Waals surface area contributed by atoms with E-state index in [0.29, 0.717) is 29.1 Å². The van der Waals surface area contributed by atoms with Crippen LogP contribution < -0.4 is 15.4 Å². The van der Waals surface area contributed by atoms with E-state index >= 15 is 0 Å². The summed E-state index contributed by atoms with van der Waals surface area (Å²) in [5.74, 6) is 2.76. The van der Waals surface area contributed by atoms with Crippen LogP contribution in [0.2, 0.25) is 5.02 Å². The van der Waals surface area contributed by atoms with Gasteiger partial charge in [0.05, 0.1) is 23.7 Å². The number of nitrogens with zero attached hydrogens (tertiary/aromatic N) is 5. The minimum absolute atomic E-state index is 0.537. The Labute approximate surface area is 209 Å². The van der Waals surface area contributed by atoms with Crippen molar-refractivity contribution in [2.75, 3.05) is 37.5 Å². The SMILES string of the molecule is CCn1ncc2c3c(NCc4ccc(OC)c(Cl)c4)nnc(NCCC4CCOCC4)c3cnc21. The number of hydrogen-bond donors (Lipinski definition) is 2. The van der Waals surface area contributed by atoms with E-state index in [2.05, 4.69) is 32.9 Å². The Morgan fingerprint density at radius 3 is 2.71 bits per heavy atom. The van der Waals surface area contributed by atoms with Crippen LogP contribution in [0.5, 0.6) is 5.75 Å². The molecule has 0 aliphatic carbocycles. The number of nitrogens with one attached hydrogen (secondary N) is 2. The van der Waals surface area contributed by atoms with Gasteiger partial charge in [-0.2, -0.15) is 5.10 Å². The highest BCUT2D eigenvalue weighted by Crippen LogP contribution is 2.33. The van der Waals surface area contributed by atoms with Gasteiger partial charge in [-0.05, 0) is 49.8 Å². The van der Waals surface area contributed by atoms with Crippen LogP contribution in [0.3, 0.4) is 0 Å². The van der Waals surface area contributed by atoms with Crippen LogP contribution >= 0.6 is 11.6 Å². The Morgan fingerprint density at radius 1 is 1.11 bits per heavy atom. The summed E-state index contributed by atoms with van der Waals surface area (Å²) < 4.78 is 12.6. The van der Waals surface area contributed by atoms with E-state index < -0.39 is 0 Å². The molecule has 10 heteroatoms. The summed E-state index contributed by atoms with van der Waals surface area (Å²) in [7, 11) is 1.61. The number of ether oxygens (including phenoxy) is 2. The summed E-state index contributed by atoms with van der Waals surface area (Å²) in [6.07, 6.45) is 7.03. The predicted molar refractivity (Wildman–Crippen MR) is 138 cm³/mol. The van der Waals surface area contributed by atoms with E-state index in [4.69, 9.17) is 26.1 Å². The number of pyridine rings is 1. The number of fused-ring (bicyclic) bond motifs is 3. The highest BCUT2D eigenvalue weighted by Gasteiger charge is 2.18. The van der Waals surface area contributed by atoms with E-state index in [9.17, 15) is 0 Å². The molecule has 1 aliphatic rings. The Balaban J connectivity index is 1.44. The summed E-state index contributed by atoms with van der Waals surface area (Å²) >= 11 is 6.31. The van der Waals surface area contributed by atoms with Gasteiger partial charge in [0.25, 0.3) is 0 Å². The highest BCUT2D eigenvalue weighted by molar-refractivity contribution is 6.32. The summed E-state index contributed by atoms with van der Waals surface area (Å²) in [5, 5.41) is 23.9. The lowest BCUT2D eigenvalue weighted by molar-refractivity contribution is 0.0649. The summed E-state index contributed by atoms with van der Waals surface area (Å²) in [5.41, 5.74) is 1.84.